The number of hydrogen-bond acceptors (Lipinski definition) is 4. The first-order valence-electron chi connectivity index (χ1n) is 8.56. The van der Waals surface area contributed by atoms with E-state index in [1.807, 2.05) is 11.3 Å². The average Bonchev–Trinajstić information content (AvgIpc) is 3.23. The predicted octanol–water partition coefficient (Wildman–Crippen LogP) is 5.08. The summed E-state index contributed by atoms with van der Waals surface area (Å²) in [5, 5.41) is 5.89. The van der Waals surface area contributed by atoms with Gasteiger partial charge in [-0.15, -0.1) is 11.3 Å². The molecule has 2 nitrogen and oxygen atoms in total. The zero-order chi connectivity index (χ0) is 14.7. The fourth-order valence-corrected chi connectivity index (χ4v) is 5.52. The van der Waals surface area contributed by atoms with E-state index < -0.39 is 0 Å². The summed E-state index contributed by atoms with van der Waals surface area (Å²) in [5.41, 5.74) is 1.34. The van der Waals surface area contributed by atoms with E-state index in [1.54, 1.807) is 0 Å². The van der Waals surface area contributed by atoms with Gasteiger partial charge in [0.2, 0.25) is 0 Å². The van der Waals surface area contributed by atoms with E-state index in [0.29, 0.717) is 5.92 Å². The lowest BCUT2D eigenvalue weighted by Gasteiger charge is -2.20. The van der Waals surface area contributed by atoms with Crippen molar-refractivity contribution in [2.45, 2.75) is 88.3 Å². The maximum atomic E-state index is 4.95. The van der Waals surface area contributed by atoms with E-state index in [-0.39, 0.29) is 0 Å². The highest BCUT2D eigenvalue weighted by Gasteiger charge is 2.22. The molecule has 0 amide bonds. The SMILES string of the molecule is CC(C)c1nc(CSC2CCCCC2)sc1CNC1CC1. The molecule has 0 unspecified atom stereocenters. The van der Waals surface area contributed by atoms with Crippen LogP contribution in [0, 0.1) is 0 Å². The monoisotopic (exact) mass is 324 g/mol. The summed E-state index contributed by atoms with van der Waals surface area (Å²) in [6.45, 7) is 5.57. The van der Waals surface area contributed by atoms with Crippen LogP contribution in [0.2, 0.25) is 0 Å². The topological polar surface area (TPSA) is 24.9 Å². The lowest BCUT2D eigenvalue weighted by Crippen LogP contribution is -2.15. The fourth-order valence-electron chi connectivity index (χ4n) is 3.00. The van der Waals surface area contributed by atoms with Crippen molar-refractivity contribution >= 4 is 23.1 Å². The number of thiazole rings is 1. The first-order chi connectivity index (χ1) is 10.2. The summed E-state index contributed by atoms with van der Waals surface area (Å²) in [6.07, 6.45) is 9.88. The Hall–Kier alpha value is -0.0600. The molecule has 1 heterocycles. The van der Waals surface area contributed by atoms with Crippen molar-refractivity contribution < 1.29 is 0 Å². The Morgan fingerprint density at radius 3 is 2.62 bits per heavy atom. The van der Waals surface area contributed by atoms with Crippen LogP contribution in [0.25, 0.3) is 0 Å². The van der Waals surface area contributed by atoms with Crippen molar-refractivity contribution in [1.82, 2.24) is 10.3 Å². The lowest BCUT2D eigenvalue weighted by molar-refractivity contribution is 0.516. The van der Waals surface area contributed by atoms with Gasteiger partial charge in [-0.25, -0.2) is 4.98 Å². The summed E-state index contributed by atoms with van der Waals surface area (Å²) in [7, 11) is 0. The standard InChI is InChI=1S/C17H28N2S2/c1-12(2)17-15(10-18-13-8-9-13)21-16(19-17)11-20-14-6-4-3-5-7-14/h12-14,18H,3-11H2,1-2H3. The van der Waals surface area contributed by atoms with Gasteiger partial charge in [0.25, 0.3) is 0 Å². The molecule has 2 aliphatic rings. The molecule has 4 heteroatoms. The van der Waals surface area contributed by atoms with Crippen LogP contribution in [0.3, 0.4) is 0 Å². The highest BCUT2D eigenvalue weighted by molar-refractivity contribution is 7.99. The second-order valence-electron chi connectivity index (χ2n) is 6.80. The maximum Gasteiger partial charge on any atom is 0.103 e. The van der Waals surface area contributed by atoms with E-state index in [0.717, 1.165) is 23.6 Å². The molecular formula is C17H28N2S2. The van der Waals surface area contributed by atoms with Crippen molar-refractivity contribution in [2.75, 3.05) is 0 Å². The minimum Gasteiger partial charge on any atom is -0.309 e. The largest absolute Gasteiger partial charge is 0.309 e. The van der Waals surface area contributed by atoms with Gasteiger partial charge in [-0.1, -0.05) is 33.1 Å². The van der Waals surface area contributed by atoms with Crippen LogP contribution in [-0.2, 0) is 12.3 Å². The molecule has 118 valence electrons. The smallest absolute Gasteiger partial charge is 0.103 e. The van der Waals surface area contributed by atoms with Crippen molar-refractivity contribution in [3.63, 3.8) is 0 Å². The van der Waals surface area contributed by atoms with E-state index in [4.69, 9.17) is 4.98 Å². The number of nitrogens with zero attached hydrogens (tertiary/aromatic N) is 1. The summed E-state index contributed by atoms with van der Waals surface area (Å²) in [5.74, 6) is 1.67. The van der Waals surface area contributed by atoms with Gasteiger partial charge in [-0.3, -0.25) is 0 Å². The zero-order valence-corrected chi connectivity index (χ0v) is 15.0. The van der Waals surface area contributed by atoms with Crippen molar-refractivity contribution in [3.8, 4) is 0 Å². The Kier molecular flexibility index (Phi) is 5.63. The number of hydrogen-bond donors (Lipinski definition) is 1. The molecule has 2 fully saturated rings. The van der Waals surface area contributed by atoms with Gasteiger partial charge in [0.1, 0.15) is 5.01 Å². The maximum absolute atomic E-state index is 4.95. The Morgan fingerprint density at radius 2 is 1.95 bits per heavy atom. The second-order valence-corrected chi connectivity index (χ2v) is 9.25. The third-order valence-electron chi connectivity index (χ3n) is 4.44. The molecule has 0 bridgehead atoms. The minimum absolute atomic E-state index is 0.547. The Morgan fingerprint density at radius 1 is 1.19 bits per heavy atom. The molecule has 1 aromatic rings. The molecule has 0 aromatic carbocycles. The first kappa shape index (κ1) is 15.8. The third kappa shape index (κ3) is 4.70. The van der Waals surface area contributed by atoms with Gasteiger partial charge >= 0.3 is 0 Å². The van der Waals surface area contributed by atoms with Crippen LogP contribution in [0.15, 0.2) is 0 Å². The van der Waals surface area contributed by atoms with Gasteiger partial charge in [-0.05, 0) is 31.6 Å². The van der Waals surface area contributed by atoms with Gasteiger partial charge in [0.15, 0.2) is 0 Å². The van der Waals surface area contributed by atoms with E-state index in [2.05, 4.69) is 30.9 Å². The van der Waals surface area contributed by atoms with Crippen LogP contribution in [0.5, 0.6) is 0 Å². The number of aromatic nitrogens is 1. The van der Waals surface area contributed by atoms with Crippen molar-refractivity contribution in [3.05, 3.63) is 15.6 Å². The lowest BCUT2D eigenvalue weighted by atomic mass is 10.0. The van der Waals surface area contributed by atoms with Crippen molar-refractivity contribution in [1.29, 1.82) is 0 Å². The van der Waals surface area contributed by atoms with Crippen molar-refractivity contribution in [2.24, 2.45) is 0 Å². The zero-order valence-electron chi connectivity index (χ0n) is 13.4. The van der Waals surface area contributed by atoms with Gasteiger partial charge in [0.05, 0.1) is 5.69 Å². The Balaban J connectivity index is 1.56. The molecule has 21 heavy (non-hydrogen) atoms. The molecule has 0 radical (unpaired) electrons. The molecule has 2 saturated carbocycles. The Bertz CT molecular complexity index is 446. The van der Waals surface area contributed by atoms with Crippen LogP contribution >= 0.6 is 23.1 Å². The summed E-state index contributed by atoms with van der Waals surface area (Å²) in [6, 6.07) is 0.784. The molecule has 3 rings (SSSR count). The summed E-state index contributed by atoms with van der Waals surface area (Å²) in [4.78, 5) is 6.43. The third-order valence-corrected chi connectivity index (χ3v) is 7.08. The molecule has 2 aliphatic carbocycles. The Labute approximate surface area is 137 Å². The van der Waals surface area contributed by atoms with Crippen LogP contribution in [-0.4, -0.2) is 16.3 Å². The second kappa shape index (κ2) is 7.47. The summed E-state index contributed by atoms with van der Waals surface area (Å²) < 4.78 is 0. The van der Waals surface area contributed by atoms with E-state index >= 15 is 0 Å². The van der Waals surface area contributed by atoms with E-state index in [1.165, 1.54) is 60.5 Å². The molecular weight excluding hydrogens is 296 g/mol. The quantitative estimate of drug-likeness (QED) is 0.756. The molecule has 0 aliphatic heterocycles. The average molecular weight is 325 g/mol. The predicted molar refractivity (Wildman–Crippen MR) is 94.2 cm³/mol. The molecule has 1 N–H and O–H groups in total. The highest BCUT2D eigenvalue weighted by Crippen LogP contribution is 2.33. The molecule has 1 aromatic heterocycles. The van der Waals surface area contributed by atoms with E-state index in [9.17, 15) is 0 Å². The first-order valence-corrected chi connectivity index (χ1v) is 10.4. The van der Waals surface area contributed by atoms with Crippen LogP contribution in [0.4, 0.5) is 0 Å². The number of thioether (sulfide) groups is 1. The van der Waals surface area contributed by atoms with Crippen LogP contribution < -0.4 is 5.32 Å². The van der Waals surface area contributed by atoms with Crippen LogP contribution in [0.1, 0.15) is 80.3 Å². The van der Waals surface area contributed by atoms with Gasteiger partial charge in [-0.2, -0.15) is 11.8 Å². The van der Waals surface area contributed by atoms with Gasteiger partial charge < -0.3 is 5.32 Å². The highest BCUT2D eigenvalue weighted by atomic mass is 32.2. The minimum atomic E-state index is 0.547. The molecule has 0 atom stereocenters. The molecule has 0 saturated heterocycles. The van der Waals surface area contributed by atoms with Gasteiger partial charge in [0, 0.05) is 28.5 Å². The molecule has 0 spiro atoms. The number of rotatable bonds is 7. The fraction of sp³-hybridized carbons (Fsp3) is 0.824. The number of nitrogens with one attached hydrogen (secondary N) is 1. The summed E-state index contributed by atoms with van der Waals surface area (Å²) >= 11 is 4.10. The normalized spacial score (nSPS) is 20.3.